The predicted octanol–water partition coefficient (Wildman–Crippen LogP) is 0.736. The van der Waals surface area contributed by atoms with E-state index in [0.29, 0.717) is 5.52 Å². The van der Waals surface area contributed by atoms with Crippen molar-refractivity contribution in [3.8, 4) is 0 Å². The van der Waals surface area contributed by atoms with Crippen LogP contribution in [0.5, 0.6) is 0 Å². The maximum atomic E-state index is 10.7. The summed E-state index contributed by atoms with van der Waals surface area (Å²) < 4.78 is 1.55. The number of carboxylic acid groups (broad SMARTS) is 1. The first-order valence-electron chi connectivity index (χ1n) is 3.72. The van der Waals surface area contributed by atoms with E-state index in [0.717, 1.165) is 5.69 Å². The Morgan fingerprint density at radius 1 is 1.46 bits per heavy atom. The Morgan fingerprint density at radius 2 is 2.23 bits per heavy atom. The van der Waals surface area contributed by atoms with Gasteiger partial charge in [-0.3, -0.25) is 4.98 Å². The Balaban J connectivity index is 2.83. The Labute approximate surface area is 73.6 Å². The minimum Gasteiger partial charge on any atom is -0.478 e. The Hall–Kier alpha value is -1.91. The second-order valence-electron chi connectivity index (χ2n) is 2.71. The average molecular weight is 177 g/mol. The highest BCUT2D eigenvalue weighted by Crippen LogP contribution is 2.10. The van der Waals surface area contributed by atoms with E-state index < -0.39 is 5.97 Å². The van der Waals surface area contributed by atoms with Crippen molar-refractivity contribution < 1.29 is 9.90 Å². The number of aryl methyl sites for hydroxylation is 1. The minimum atomic E-state index is -0.984. The fourth-order valence-corrected chi connectivity index (χ4v) is 1.20. The van der Waals surface area contributed by atoms with Gasteiger partial charge in [0.2, 0.25) is 0 Å². The highest BCUT2D eigenvalue weighted by atomic mass is 16.4. The molecule has 5 nitrogen and oxygen atoms in total. The van der Waals surface area contributed by atoms with Crippen molar-refractivity contribution in [3.63, 3.8) is 0 Å². The van der Waals surface area contributed by atoms with Crippen LogP contribution >= 0.6 is 0 Å². The maximum Gasteiger partial charge on any atom is 0.339 e. The summed E-state index contributed by atoms with van der Waals surface area (Å²) in [7, 11) is 0. The second kappa shape index (κ2) is 2.55. The fourth-order valence-electron chi connectivity index (χ4n) is 1.20. The van der Waals surface area contributed by atoms with E-state index in [1.54, 1.807) is 10.7 Å². The van der Waals surface area contributed by atoms with Gasteiger partial charge in [0.05, 0.1) is 23.6 Å². The minimum absolute atomic E-state index is 0.177. The molecule has 2 aromatic heterocycles. The summed E-state index contributed by atoms with van der Waals surface area (Å²) in [5.74, 6) is -0.984. The van der Waals surface area contributed by atoms with Crippen molar-refractivity contribution in [3.05, 3.63) is 29.8 Å². The molecule has 13 heavy (non-hydrogen) atoms. The molecule has 2 aromatic rings. The van der Waals surface area contributed by atoms with Crippen LogP contribution in [0.25, 0.3) is 5.52 Å². The third-order valence-corrected chi connectivity index (χ3v) is 1.83. The molecule has 0 unspecified atom stereocenters. The first-order chi connectivity index (χ1) is 6.20. The van der Waals surface area contributed by atoms with E-state index >= 15 is 0 Å². The molecule has 0 spiro atoms. The molecule has 0 fully saturated rings. The number of hydrogen-bond acceptors (Lipinski definition) is 3. The first-order valence-corrected chi connectivity index (χ1v) is 3.72. The van der Waals surface area contributed by atoms with Crippen LogP contribution in [0.4, 0.5) is 0 Å². The molecular formula is C8H7N3O2. The second-order valence-corrected chi connectivity index (χ2v) is 2.71. The van der Waals surface area contributed by atoms with Gasteiger partial charge in [-0.1, -0.05) is 0 Å². The fraction of sp³-hybridized carbons (Fsp3) is 0.125. The van der Waals surface area contributed by atoms with Gasteiger partial charge in [-0.05, 0) is 6.92 Å². The number of aromatic carboxylic acids is 1. The largest absolute Gasteiger partial charge is 0.478 e. The lowest BCUT2D eigenvalue weighted by Crippen LogP contribution is -1.97. The van der Waals surface area contributed by atoms with Crippen molar-refractivity contribution in [1.82, 2.24) is 14.6 Å². The van der Waals surface area contributed by atoms with Crippen molar-refractivity contribution in [2.45, 2.75) is 6.92 Å². The molecule has 0 saturated carbocycles. The predicted molar refractivity (Wildman–Crippen MR) is 44.7 cm³/mol. The Bertz CT molecular complexity index is 475. The number of fused-ring (bicyclic) bond motifs is 1. The zero-order chi connectivity index (χ0) is 9.42. The number of hydrogen-bond donors (Lipinski definition) is 1. The van der Waals surface area contributed by atoms with Gasteiger partial charge in [-0.25, -0.2) is 9.31 Å². The smallest absolute Gasteiger partial charge is 0.339 e. The highest BCUT2D eigenvalue weighted by Gasteiger charge is 2.11. The van der Waals surface area contributed by atoms with E-state index in [4.69, 9.17) is 5.11 Å². The van der Waals surface area contributed by atoms with Gasteiger partial charge in [0.15, 0.2) is 0 Å². The topological polar surface area (TPSA) is 67.5 Å². The highest BCUT2D eigenvalue weighted by molar-refractivity contribution is 5.95. The van der Waals surface area contributed by atoms with Gasteiger partial charge >= 0.3 is 5.97 Å². The van der Waals surface area contributed by atoms with Gasteiger partial charge in [0.25, 0.3) is 0 Å². The van der Waals surface area contributed by atoms with Crippen LogP contribution in [-0.4, -0.2) is 25.7 Å². The van der Waals surface area contributed by atoms with Crippen LogP contribution in [0, 0.1) is 6.92 Å². The summed E-state index contributed by atoms with van der Waals surface area (Å²) in [5, 5.41) is 12.7. The Kier molecular flexibility index (Phi) is 1.51. The molecule has 0 radical (unpaired) electrons. The number of nitrogens with zero attached hydrogens (tertiary/aromatic N) is 3. The normalized spacial score (nSPS) is 10.5. The number of carbonyl (C=O) groups is 1. The molecule has 0 aliphatic rings. The molecular weight excluding hydrogens is 170 g/mol. The van der Waals surface area contributed by atoms with Crippen LogP contribution in [0.1, 0.15) is 16.1 Å². The standard InChI is InChI=1S/C8H7N3O2/c1-5-2-9-4-7-6(8(12)13)3-10-11(5)7/h2-4H,1H3,(H,12,13). The first kappa shape index (κ1) is 7.72. The lowest BCUT2D eigenvalue weighted by atomic mass is 10.3. The zero-order valence-corrected chi connectivity index (χ0v) is 6.93. The summed E-state index contributed by atoms with van der Waals surface area (Å²) in [5.41, 5.74) is 1.51. The van der Waals surface area contributed by atoms with Crippen molar-refractivity contribution in [1.29, 1.82) is 0 Å². The third-order valence-electron chi connectivity index (χ3n) is 1.83. The molecule has 5 heteroatoms. The third kappa shape index (κ3) is 1.05. The summed E-state index contributed by atoms with van der Waals surface area (Å²) >= 11 is 0. The summed E-state index contributed by atoms with van der Waals surface area (Å²) in [6.07, 6.45) is 4.45. The van der Waals surface area contributed by atoms with Crippen LogP contribution in [0.2, 0.25) is 0 Å². The number of carboxylic acids is 1. The molecule has 1 N–H and O–H groups in total. The van der Waals surface area contributed by atoms with Gasteiger partial charge in [0.1, 0.15) is 5.56 Å². The molecule has 0 bridgehead atoms. The number of rotatable bonds is 1. The van der Waals surface area contributed by atoms with Gasteiger partial charge in [-0.2, -0.15) is 5.10 Å². The van der Waals surface area contributed by atoms with Crippen LogP contribution < -0.4 is 0 Å². The van der Waals surface area contributed by atoms with E-state index in [1.807, 2.05) is 6.92 Å². The molecule has 0 atom stereocenters. The summed E-state index contributed by atoms with van der Waals surface area (Å²) in [6.45, 7) is 1.82. The van der Waals surface area contributed by atoms with E-state index in [9.17, 15) is 4.79 Å². The van der Waals surface area contributed by atoms with Gasteiger partial charge in [-0.15, -0.1) is 0 Å². The quantitative estimate of drug-likeness (QED) is 0.697. The molecule has 0 aromatic carbocycles. The van der Waals surface area contributed by atoms with Crippen LogP contribution in [0.3, 0.4) is 0 Å². The van der Waals surface area contributed by atoms with Crippen molar-refractivity contribution in [2.24, 2.45) is 0 Å². The number of aromatic nitrogens is 3. The summed E-state index contributed by atoms with van der Waals surface area (Å²) in [4.78, 5) is 14.6. The Morgan fingerprint density at radius 3 is 2.92 bits per heavy atom. The zero-order valence-electron chi connectivity index (χ0n) is 6.93. The molecule has 2 rings (SSSR count). The molecule has 66 valence electrons. The van der Waals surface area contributed by atoms with Crippen LogP contribution in [0.15, 0.2) is 18.6 Å². The maximum absolute atomic E-state index is 10.7. The van der Waals surface area contributed by atoms with E-state index in [-0.39, 0.29) is 5.56 Å². The molecule has 0 saturated heterocycles. The van der Waals surface area contributed by atoms with Crippen molar-refractivity contribution in [2.75, 3.05) is 0 Å². The van der Waals surface area contributed by atoms with E-state index in [1.165, 1.54) is 12.4 Å². The van der Waals surface area contributed by atoms with E-state index in [2.05, 4.69) is 10.1 Å². The SMILES string of the molecule is Cc1cncc2c(C(=O)O)cnn12. The van der Waals surface area contributed by atoms with Crippen molar-refractivity contribution >= 4 is 11.5 Å². The van der Waals surface area contributed by atoms with Gasteiger partial charge in [0, 0.05) is 6.20 Å². The summed E-state index contributed by atoms with van der Waals surface area (Å²) in [6, 6.07) is 0. The molecule has 0 aliphatic heterocycles. The molecule has 0 aliphatic carbocycles. The van der Waals surface area contributed by atoms with Gasteiger partial charge < -0.3 is 5.11 Å². The molecule has 2 heterocycles. The lowest BCUT2D eigenvalue weighted by Gasteiger charge is -1.96. The molecule has 0 amide bonds. The van der Waals surface area contributed by atoms with Crippen LogP contribution in [-0.2, 0) is 0 Å². The monoisotopic (exact) mass is 177 g/mol. The lowest BCUT2D eigenvalue weighted by molar-refractivity contribution is 0.0699. The average Bonchev–Trinajstić information content (AvgIpc) is 2.48.